The monoisotopic (exact) mass is 309 g/mol. The van der Waals surface area contributed by atoms with Gasteiger partial charge in [0.15, 0.2) is 17.5 Å². The standard InChI is InChI=1S/C15H14F3N3O/c16-11-4-5-12(15(18)14(11)17)21-13(22)6-8-19-9-10-3-1-2-7-20-10/h1-5,7,19H,6,8-9H2,(H,21,22). The lowest BCUT2D eigenvalue weighted by Crippen LogP contribution is -2.22. The molecule has 0 bridgehead atoms. The summed E-state index contributed by atoms with van der Waals surface area (Å²) in [5.74, 6) is -4.81. The first kappa shape index (κ1) is 16.0. The van der Waals surface area contributed by atoms with E-state index in [1.54, 1.807) is 12.3 Å². The van der Waals surface area contributed by atoms with E-state index in [9.17, 15) is 18.0 Å². The maximum Gasteiger partial charge on any atom is 0.225 e. The van der Waals surface area contributed by atoms with E-state index in [1.807, 2.05) is 12.1 Å². The molecule has 1 heterocycles. The van der Waals surface area contributed by atoms with Crippen molar-refractivity contribution >= 4 is 11.6 Å². The summed E-state index contributed by atoms with van der Waals surface area (Å²) in [4.78, 5) is 15.7. The fourth-order valence-electron chi connectivity index (χ4n) is 1.76. The molecule has 0 spiro atoms. The van der Waals surface area contributed by atoms with Crippen molar-refractivity contribution in [1.29, 1.82) is 0 Å². The molecule has 2 aromatic rings. The van der Waals surface area contributed by atoms with Crippen LogP contribution >= 0.6 is 0 Å². The van der Waals surface area contributed by atoms with Gasteiger partial charge in [0.25, 0.3) is 0 Å². The predicted molar refractivity (Wildman–Crippen MR) is 75.5 cm³/mol. The molecule has 116 valence electrons. The molecule has 1 amide bonds. The maximum absolute atomic E-state index is 13.4. The van der Waals surface area contributed by atoms with Gasteiger partial charge in [0, 0.05) is 25.7 Å². The number of halogens is 3. The lowest BCUT2D eigenvalue weighted by Gasteiger charge is -2.08. The van der Waals surface area contributed by atoms with E-state index in [1.165, 1.54) is 0 Å². The molecule has 0 saturated heterocycles. The number of aromatic nitrogens is 1. The number of rotatable bonds is 6. The molecule has 2 N–H and O–H groups in total. The highest BCUT2D eigenvalue weighted by molar-refractivity contribution is 5.90. The molecule has 0 unspecified atom stereocenters. The molecular weight excluding hydrogens is 295 g/mol. The number of nitrogens with zero attached hydrogens (tertiary/aromatic N) is 1. The molecule has 1 aromatic heterocycles. The fraction of sp³-hybridized carbons (Fsp3) is 0.200. The molecule has 0 fully saturated rings. The minimum atomic E-state index is -1.61. The van der Waals surface area contributed by atoms with Crippen molar-refractivity contribution in [2.45, 2.75) is 13.0 Å². The second-order valence-electron chi connectivity index (χ2n) is 4.52. The van der Waals surface area contributed by atoms with Gasteiger partial charge < -0.3 is 10.6 Å². The van der Waals surface area contributed by atoms with Crippen LogP contribution in [-0.4, -0.2) is 17.4 Å². The van der Waals surface area contributed by atoms with Crippen molar-refractivity contribution in [3.05, 3.63) is 59.7 Å². The third-order valence-corrected chi connectivity index (χ3v) is 2.87. The van der Waals surface area contributed by atoms with E-state index in [2.05, 4.69) is 15.6 Å². The Hall–Kier alpha value is -2.41. The van der Waals surface area contributed by atoms with E-state index in [0.29, 0.717) is 13.1 Å². The van der Waals surface area contributed by atoms with Gasteiger partial charge in [-0.15, -0.1) is 0 Å². The number of benzene rings is 1. The highest BCUT2D eigenvalue weighted by Crippen LogP contribution is 2.19. The summed E-state index contributed by atoms with van der Waals surface area (Å²) in [7, 11) is 0. The average Bonchev–Trinajstić information content (AvgIpc) is 2.53. The van der Waals surface area contributed by atoms with Crippen LogP contribution in [0.1, 0.15) is 12.1 Å². The minimum absolute atomic E-state index is 0.0608. The predicted octanol–water partition coefficient (Wildman–Crippen LogP) is 2.62. The maximum atomic E-state index is 13.4. The molecule has 1 aromatic carbocycles. The lowest BCUT2D eigenvalue weighted by atomic mass is 10.2. The van der Waals surface area contributed by atoms with Gasteiger partial charge in [-0.1, -0.05) is 6.07 Å². The molecular formula is C15H14F3N3O. The summed E-state index contributed by atoms with van der Waals surface area (Å²) in [6, 6.07) is 7.22. The number of pyridine rings is 1. The fourth-order valence-corrected chi connectivity index (χ4v) is 1.76. The number of anilines is 1. The number of carbonyl (C=O) groups is 1. The molecule has 2 rings (SSSR count). The Kier molecular flexibility index (Phi) is 5.48. The summed E-state index contributed by atoms with van der Waals surface area (Å²) in [6.07, 6.45) is 1.72. The van der Waals surface area contributed by atoms with Crippen molar-refractivity contribution in [1.82, 2.24) is 10.3 Å². The van der Waals surface area contributed by atoms with E-state index in [-0.39, 0.29) is 12.1 Å². The van der Waals surface area contributed by atoms with Crippen molar-refractivity contribution in [2.75, 3.05) is 11.9 Å². The minimum Gasteiger partial charge on any atom is -0.323 e. The van der Waals surface area contributed by atoms with Gasteiger partial charge in [-0.05, 0) is 24.3 Å². The summed E-state index contributed by atoms with van der Waals surface area (Å²) >= 11 is 0. The quantitative estimate of drug-likeness (QED) is 0.637. The van der Waals surface area contributed by atoms with E-state index in [0.717, 1.165) is 17.8 Å². The molecule has 0 aliphatic rings. The van der Waals surface area contributed by atoms with Crippen LogP contribution in [0.3, 0.4) is 0 Å². The first-order chi connectivity index (χ1) is 10.6. The SMILES string of the molecule is O=C(CCNCc1ccccn1)Nc1ccc(F)c(F)c1F. The van der Waals surface area contributed by atoms with Gasteiger partial charge in [-0.25, -0.2) is 13.2 Å². The van der Waals surface area contributed by atoms with Crippen molar-refractivity contribution in [3.63, 3.8) is 0 Å². The van der Waals surface area contributed by atoms with Gasteiger partial charge in [-0.2, -0.15) is 0 Å². The Morgan fingerprint density at radius 1 is 1.09 bits per heavy atom. The van der Waals surface area contributed by atoms with Crippen molar-refractivity contribution < 1.29 is 18.0 Å². The average molecular weight is 309 g/mol. The van der Waals surface area contributed by atoms with Gasteiger partial charge in [-0.3, -0.25) is 9.78 Å². The Labute approximate surface area is 125 Å². The van der Waals surface area contributed by atoms with Crippen LogP contribution in [0, 0.1) is 17.5 Å². The Morgan fingerprint density at radius 3 is 2.64 bits per heavy atom. The van der Waals surface area contributed by atoms with Crippen LogP contribution in [0.4, 0.5) is 18.9 Å². The summed E-state index contributed by atoms with van der Waals surface area (Å²) in [5, 5.41) is 5.20. The molecule has 0 radical (unpaired) electrons. The first-order valence-electron chi connectivity index (χ1n) is 6.62. The smallest absolute Gasteiger partial charge is 0.225 e. The Balaban J connectivity index is 1.78. The highest BCUT2D eigenvalue weighted by Gasteiger charge is 2.14. The molecule has 4 nitrogen and oxygen atoms in total. The summed E-state index contributed by atoms with van der Waals surface area (Å²) < 4.78 is 39.2. The van der Waals surface area contributed by atoms with Gasteiger partial charge in [0.1, 0.15) is 0 Å². The Morgan fingerprint density at radius 2 is 1.91 bits per heavy atom. The third kappa shape index (κ3) is 4.29. The second-order valence-corrected chi connectivity index (χ2v) is 4.52. The third-order valence-electron chi connectivity index (χ3n) is 2.87. The normalized spacial score (nSPS) is 10.5. The van der Waals surface area contributed by atoms with Crippen LogP contribution in [0.15, 0.2) is 36.5 Å². The van der Waals surface area contributed by atoms with E-state index in [4.69, 9.17) is 0 Å². The summed E-state index contributed by atoms with van der Waals surface area (Å²) in [5.41, 5.74) is 0.447. The number of hydrogen-bond acceptors (Lipinski definition) is 3. The molecule has 0 aliphatic heterocycles. The number of nitrogens with one attached hydrogen (secondary N) is 2. The van der Waals surface area contributed by atoms with E-state index < -0.39 is 23.4 Å². The number of carbonyl (C=O) groups excluding carboxylic acids is 1. The molecule has 7 heteroatoms. The van der Waals surface area contributed by atoms with Crippen molar-refractivity contribution in [2.24, 2.45) is 0 Å². The highest BCUT2D eigenvalue weighted by atomic mass is 19.2. The van der Waals surface area contributed by atoms with Gasteiger partial charge in [0.05, 0.1) is 11.4 Å². The lowest BCUT2D eigenvalue weighted by molar-refractivity contribution is -0.116. The topological polar surface area (TPSA) is 54.0 Å². The van der Waals surface area contributed by atoms with Crippen LogP contribution in [0.5, 0.6) is 0 Å². The largest absolute Gasteiger partial charge is 0.323 e. The van der Waals surface area contributed by atoms with E-state index >= 15 is 0 Å². The second kappa shape index (κ2) is 7.56. The van der Waals surface area contributed by atoms with Gasteiger partial charge in [0.2, 0.25) is 5.91 Å². The van der Waals surface area contributed by atoms with Crippen LogP contribution in [-0.2, 0) is 11.3 Å². The molecule has 0 atom stereocenters. The number of amides is 1. The first-order valence-corrected chi connectivity index (χ1v) is 6.62. The van der Waals surface area contributed by atoms with Crippen LogP contribution in [0.2, 0.25) is 0 Å². The van der Waals surface area contributed by atoms with Crippen molar-refractivity contribution in [3.8, 4) is 0 Å². The molecule has 0 saturated carbocycles. The van der Waals surface area contributed by atoms with Crippen LogP contribution in [0.25, 0.3) is 0 Å². The zero-order valence-corrected chi connectivity index (χ0v) is 11.6. The van der Waals surface area contributed by atoms with Gasteiger partial charge >= 0.3 is 0 Å². The van der Waals surface area contributed by atoms with Crippen LogP contribution < -0.4 is 10.6 Å². The summed E-state index contributed by atoms with van der Waals surface area (Å²) in [6.45, 7) is 0.835. The number of hydrogen-bond donors (Lipinski definition) is 2. The molecule has 22 heavy (non-hydrogen) atoms. The zero-order valence-electron chi connectivity index (χ0n) is 11.6. The zero-order chi connectivity index (χ0) is 15.9. The molecule has 0 aliphatic carbocycles. The Bertz CT molecular complexity index is 650.